The molecule has 0 radical (unpaired) electrons. The van der Waals surface area contributed by atoms with Gasteiger partial charge in [0.25, 0.3) is 0 Å². The van der Waals surface area contributed by atoms with Crippen molar-refractivity contribution in [2.45, 2.75) is 72.8 Å². The quantitative estimate of drug-likeness (QED) is 0.787. The molecule has 0 aromatic heterocycles. The Bertz CT molecular complexity index is 470. The van der Waals surface area contributed by atoms with Crippen LogP contribution in [0.15, 0.2) is 0 Å². The van der Waals surface area contributed by atoms with Crippen LogP contribution >= 0.6 is 0 Å². The minimum atomic E-state index is -0.0175. The third kappa shape index (κ3) is 6.26. The van der Waals surface area contributed by atoms with Crippen LogP contribution in [-0.4, -0.2) is 60.4 Å². The number of hydrogen-bond donors (Lipinski definition) is 1. The Morgan fingerprint density at radius 3 is 2.12 bits per heavy atom. The summed E-state index contributed by atoms with van der Waals surface area (Å²) < 4.78 is 0. The highest BCUT2D eigenvalue weighted by Gasteiger charge is 2.37. The van der Waals surface area contributed by atoms with Gasteiger partial charge >= 0.3 is 0 Å². The molecule has 1 aliphatic heterocycles. The van der Waals surface area contributed by atoms with E-state index in [1.54, 1.807) is 0 Å². The van der Waals surface area contributed by atoms with Gasteiger partial charge in [-0.1, -0.05) is 47.5 Å². The topological polar surface area (TPSA) is 52.7 Å². The van der Waals surface area contributed by atoms with E-state index >= 15 is 0 Å². The maximum atomic E-state index is 12.9. The number of nitrogens with one attached hydrogen (secondary N) is 1. The van der Waals surface area contributed by atoms with Gasteiger partial charge in [0.1, 0.15) is 0 Å². The number of carbonyl (C=O) groups excluding carboxylic acids is 2. The molecule has 0 spiro atoms. The molecule has 2 fully saturated rings. The average Bonchev–Trinajstić information content (AvgIpc) is 3.06. The Balaban J connectivity index is 1.95. The number of nitrogens with zero attached hydrogens (tertiary/aromatic N) is 2. The van der Waals surface area contributed by atoms with E-state index in [-0.39, 0.29) is 23.3 Å². The fourth-order valence-corrected chi connectivity index (χ4v) is 4.18. The summed E-state index contributed by atoms with van der Waals surface area (Å²) in [4.78, 5) is 29.7. The van der Waals surface area contributed by atoms with Crippen LogP contribution in [0.3, 0.4) is 0 Å². The molecule has 1 aliphatic carbocycles. The van der Waals surface area contributed by atoms with Gasteiger partial charge in [0.05, 0.1) is 6.04 Å². The minimum absolute atomic E-state index is 0.0175. The Hall–Kier alpha value is -1.10. The molecule has 1 saturated heterocycles. The van der Waals surface area contributed by atoms with E-state index in [0.717, 1.165) is 45.6 Å². The first-order chi connectivity index (χ1) is 12.2. The van der Waals surface area contributed by atoms with Gasteiger partial charge in [-0.05, 0) is 30.1 Å². The molecule has 2 rings (SSSR count). The first kappa shape index (κ1) is 21.2. The molecule has 1 N–H and O–H groups in total. The monoisotopic (exact) mass is 365 g/mol. The molecule has 1 saturated carbocycles. The summed E-state index contributed by atoms with van der Waals surface area (Å²) in [5.74, 6) is 1.38. The van der Waals surface area contributed by atoms with Crippen LogP contribution in [0.2, 0.25) is 0 Å². The second kappa shape index (κ2) is 9.20. The van der Waals surface area contributed by atoms with Gasteiger partial charge < -0.3 is 10.2 Å². The largest absolute Gasteiger partial charge is 0.354 e. The molecule has 1 atom stereocenters. The third-order valence-electron chi connectivity index (χ3n) is 5.54. The van der Waals surface area contributed by atoms with E-state index in [4.69, 9.17) is 0 Å². The maximum absolute atomic E-state index is 12.9. The van der Waals surface area contributed by atoms with Crippen molar-refractivity contribution < 1.29 is 9.59 Å². The van der Waals surface area contributed by atoms with Gasteiger partial charge in [0, 0.05) is 39.1 Å². The molecule has 0 unspecified atom stereocenters. The Labute approximate surface area is 159 Å². The first-order valence-electron chi connectivity index (χ1n) is 10.5. The van der Waals surface area contributed by atoms with Crippen LogP contribution in [0.4, 0.5) is 0 Å². The van der Waals surface area contributed by atoms with Gasteiger partial charge in [-0.3, -0.25) is 14.5 Å². The van der Waals surface area contributed by atoms with E-state index in [9.17, 15) is 9.59 Å². The molecular weight excluding hydrogens is 326 g/mol. The first-order valence-corrected chi connectivity index (χ1v) is 10.5. The summed E-state index contributed by atoms with van der Waals surface area (Å²) in [7, 11) is 0. The molecule has 0 aromatic rings. The van der Waals surface area contributed by atoms with Gasteiger partial charge in [0.2, 0.25) is 11.8 Å². The number of hydrogen-bond acceptors (Lipinski definition) is 3. The van der Waals surface area contributed by atoms with Crippen molar-refractivity contribution in [2.24, 2.45) is 17.3 Å². The fourth-order valence-electron chi connectivity index (χ4n) is 4.18. The molecule has 2 amide bonds. The van der Waals surface area contributed by atoms with E-state index in [2.05, 4.69) is 44.8 Å². The highest BCUT2D eigenvalue weighted by molar-refractivity contribution is 5.82. The number of piperazine rings is 1. The second-order valence-electron chi connectivity index (χ2n) is 9.78. The summed E-state index contributed by atoms with van der Waals surface area (Å²) in [5, 5.41) is 3.16. The Morgan fingerprint density at radius 2 is 1.62 bits per heavy atom. The zero-order valence-corrected chi connectivity index (χ0v) is 17.5. The third-order valence-corrected chi connectivity index (χ3v) is 5.54. The van der Waals surface area contributed by atoms with Crippen LogP contribution in [0.5, 0.6) is 0 Å². The molecule has 0 aromatic carbocycles. The Morgan fingerprint density at radius 1 is 1.04 bits per heavy atom. The van der Waals surface area contributed by atoms with E-state index < -0.39 is 0 Å². The van der Waals surface area contributed by atoms with E-state index in [1.807, 2.05) is 4.90 Å². The molecule has 150 valence electrons. The van der Waals surface area contributed by atoms with E-state index in [1.165, 1.54) is 12.8 Å². The average molecular weight is 366 g/mol. The van der Waals surface area contributed by atoms with Crippen molar-refractivity contribution in [2.75, 3.05) is 32.7 Å². The van der Waals surface area contributed by atoms with Crippen LogP contribution in [0, 0.1) is 17.3 Å². The summed E-state index contributed by atoms with van der Waals surface area (Å²) in [6, 6.07) is -0.0175. The normalized spacial score (nSPS) is 21.2. The van der Waals surface area contributed by atoms with Crippen molar-refractivity contribution in [3.05, 3.63) is 0 Å². The number of carbonyl (C=O) groups is 2. The second-order valence-corrected chi connectivity index (χ2v) is 9.78. The maximum Gasteiger partial charge on any atom is 0.237 e. The standard InChI is InChI=1S/C21H39N3O2/c1-16(2)15-22-20(26)19(17-8-6-7-9-17)24-12-10-23(11-13-24)18(25)14-21(3,4)5/h16-17,19H,6-15H2,1-5H3,(H,22,26)/t19-/m0/s1. The van der Waals surface area contributed by atoms with Crippen molar-refractivity contribution in [3.8, 4) is 0 Å². The van der Waals surface area contributed by atoms with Crippen molar-refractivity contribution in [1.82, 2.24) is 15.1 Å². The summed E-state index contributed by atoms with van der Waals surface area (Å²) in [6.45, 7) is 14.4. The number of rotatable bonds is 6. The summed E-state index contributed by atoms with van der Waals surface area (Å²) in [6.07, 6.45) is 5.38. The molecule has 5 nitrogen and oxygen atoms in total. The lowest BCUT2D eigenvalue weighted by molar-refractivity contribution is -0.136. The predicted octanol–water partition coefficient (Wildman–Crippen LogP) is 2.90. The van der Waals surface area contributed by atoms with Gasteiger partial charge in [-0.25, -0.2) is 0 Å². The van der Waals surface area contributed by atoms with Crippen molar-refractivity contribution >= 4 is 11.8 Å². The molecule has 26 heavy (non-hydrogen) atoms. The predicted molar refractivity (Wildman–Crippen MR) is 106 cm³/mol. The summed E-state index contributed by atoms with van der Waals surface area (Å²) >= 11 is 0. The van der Waals surface area contributed by atoms with Gasteiger partial charge in [0.15, 0.2) is 0 Å². The van der Waals surface area contributed by atoms with Gasteiger partial charge in [-0.2, -0.15) is 0 Å². The zero-order chi connectivity index (χ0) is 19.3. The van der Waals surface area contributed by atoms with E-state index in [0.29, 0.717) is 18.3 Å². The minimum Gasteiger partial charge on any atom is -0.354 e. The highest BCUT2D eigenvalue weighted by Crippen LogP contribution is 2.31. The smallest absolute Gasteiger partial charge is 0.237 e. The van der Waals surface area contributed by atoms with Crippen LogP contribution in [-0.2, 0) is 9.59 Å². The van der Waals surface area contributed by atoms with Crippen LogP contribution < -0.4 is 5.32 Å². The molecule has 5 heteroatoms. The molecular formula is C21H39N3O2. The number of amides is 2. The van der Waals surface area contributed by atoms with Crippen molar-refractivity contribution in [1.29, 1.82) is 0 Å². The fraction of sp³-hybridized carbons (Fsp3) is 0.905. The summed E-state index contributed by atoms with van der Waals surface area (Å²) in [5.41, 5.74) is 0.0251. The Kier molecular flexibility index (Phi) is 7.51. The molecule has 1 heterocycles. The lowest BCUT2D eigenvalue weighted by Gasteiger charge is -2.41. The lowest BCUT2D eigenvalue weighted by Crippen LogP contribution is -2.58. The van der Waals surface area contributed by atoms with Crippen LogP contribution in [0.1, 0.15) is 66.7 Å². The van der Waals surface area contributed by atoms with Crippen molar-refractivity contribution in [3.63, 3.8) is 0 Å². The SMILES string of the molecule is CC(C)CNC(=O)[C@H](C1CCCC1)N1CCN(C(=O)CC(C)(C)C)CC1. The zero-order valence-electron chi connectivity index (χ0n) is 17.5. The lowest BCUT2D eigenvalue weighted by atomic mass is 9.91. The van der Waals surface area contributed by atoms with Gasteiger partial charge in [-0.15, -0.1) is 0 Å². The highest BCUT2D eigenvalue weighted by atomic mass is 16.2. The molecule has 0 bridgehead atoms. The molecule has 2 aliphatic rings. The van der Waals surface area contributed by atoms with Crippen LogP contribution in [0.25, 0.3) is 0 Å².